The van der Waals surface area contributed by atoms with Crippen LogP contribution in [0.15, 0.2) is 43.5 Å². The molecule has 1 aromatic rings. The van der Waals surface area contributed by atoms with Gasteiger partial charge in [0.05, 0.1) is 18.2 Å². The number of carbonyl (C=O) groups excluding carboxylic acids is 1. The zero-order valence-electron chi connectivity index (χ0n) is 34.2. The van der Waals surface area contributed by atoms with Crippen molar-refractivity contribution in [2.24, 2.45) is 17.8 Å². The highest BCUT2D eigenvalue weighted by molar-refractivity contribution is 5.80. The lowest BCUT2D eigenvalue weighted by atomic mass is 9.70. The van der Waals surface area contributed by atoms with E-state index in [0.29, 0.717) is 6.42 Å². The van der Waals surface area contributed by atoms with E-state index in [1.165, 1.54) is 6.92 Å². The van der Waals surface area contributed by atoms with Gasteiger partial charge in [-0.2, -0.15) is 8.78 Å². The van der Waals surface area contributed by atoms with Gasteiger partial charge >= 0.3 is 5.92 Å². The number of carbonyl (C=O) groups is 1. The third kappa shape index (κ3) is 10.3. The Hall–Kier alpha value is -2.35. The topological polar surface area (TPSA) is 291 Å². The van der Waals surface area contributed by atoms with Crippen molar-refractivity contribution < 1.29 is 74.6 Å². The van der Waals surface area contributed by atoms with Crippen LogP contribution in [0, 0.1) is 17.8 Å². The van der Waals surface area contributed by atoms with Gasteiger partial charge in [-0.05, 0) is 51.5 Å². The Kier molecular flexibility index (Phi) is 18.7. The molecule has 2 saturated heterocycles. The summed E-state index contributed by atoms with van der Waals surface area (Å²) in [5.74, 6) is -31.8. The maximum absolute atomic E-state index is 14.5. The summed E-state index contributed by atoms with van der Waals surface area (Å²) in [6.45, 7) is 22.7. The number of benzene rings is 1. The van der Waals surface area contributed by atoms with Crippen LogP contribution in [0.2, 0.25) is 0 Å². The minimum absolute atomic E-state index is 0.106. The Balaban J connectivity index is 0.00000258. The molecular weight excluding hydrogens is 760 g/mol. The number of aliphatic hydroxyl groups excluding tert-OH is 1. The van der Waals surface area contributed by atoms with Crippen LogP contribution in [0.5, 0.6) is 0 Å². The quantitative estimate of drug-likeness (QED) is 0.0688. The molecule has 0 spiro atoms. The van der Waals surface area contributed by atoms with Gasteiger partial charge in [0.2, 0.25) is 5.79 Å². The van der Waals surface area contributed by atoms with Crippen LogP contribution in [-0.4, -0.2) is 144 Å². The number of aryl methyl sites for hydroxylation is 1. The van der Waals surface area contributed by atoms with Crippen LogP contribution in [0.1, 0.15) is 87.1 Å². The SMILES string of the molecule is C=C.CC.CC.CC1CC(CC(C)N2C(C)NNC2C(C)C(O)(O)O)N(C(O)(CCc2ccccc2)ONC(=O)C2C(O)C(O)(O)C(F)(F)C(O)(O)C2(O)O)C1C. The summed E-state index contributed by atoms with van der Waals surface area (Å²) in [6.07, 6.45) is -3.95. The first-order valence-corrected chi connectivity index (χ1v) is 19.1. The van der Waals surface area contributed by atoms with Crippen molar-refractivity contribution >= 4 is 5.91 Å². The summed E-state index contributed by atoms with van der Waals surface area (Å²) in [5.41, 5.74) is 8.35. The van der Waals surface area contributed by atoms with Crippen molar-refractivity contribution in [3.63, 3.8) is 0 Å². The van der Waals surface area contributed by atoms with Crippen LogP contribution in [0.4, 0.5) is 8.78 Å². The summed E-state index contributed by atoms with van der Waals surface area (Å²) in [5, 5.41) is 113. The Labute approximate surface area is 332 Å². The summed E-state index contributed by atoms with van der Waals surface area (Å²) in [7, 11) is 0. The Bertz CT molecular complexity index is 1390. The average Bonchev–Trinajstić information content (AvgIpc) is 3.68. The van der Waals surface area contributed by atoms with E-state index < -0.39 is 77.3 Å². The van der Waals surface area contributed by atoms with Gasteiger partial charge in [-0.1, -0.05) is 71.9 Å². The minimum Gasteiger partial charge on any atom is -0.386 e. The molecular formula is C37H67F2N5O13. The molecule has 2 heterocycles. The molecule has 1 aromatic carbocycles. The van der Waals surface area contributed by atoms with Crippen LogP contribution in [0.25, 0.3) is 0 Å². The number of amides is 1. The molecule has 14 N–H and O–H groups in total. The van der Waals surface area contributed by atoms with E-state index in [1.54, 1.807) is 54.6 Å². The second-order valence-corrected chi connectivity index (χ2v) is 14.4. The molecule has 1 aliphatic carbocycles. The van der Waals surface area contributed by atoms with Gasteiger partial charge in [0, 0.05) is 24.5 Å². The molecule has 57 heavy (non-hydrogen) atoms. The van der Waals surface area contributed by atoms with Gasteiger partial charge < -0.3 is 56.2 Å². The fourth-order valence-corrected chi connectivity index (χ4v) is 7.57. The third-order valence-corrected chi connectivity index (χ3v) is 10.9. The zero-order chi connectivity index (χ0) is 44.7. The standard InChI is InChI=1S/C31H51F2N5O13.2C2H6.C2H4/c1-15-13-21(14-16(2)37-19(5)34-35-24(37)17(3)29(46,47)48)38(18(15)4)26(41,12-11-20-9-7-6-8-10-20)51-36-25(40)22-23(39)28(44,45)30(32,33)31(49,50)27(22,42)43;3*1-2/h6-10,15-19,21-24,34-35,39,41-50H,11-14H2,1-5H3,(H,36,40);2*1-2H3;1-2H2. The maximum atomic E-state index is 14.5. The minimum atomic E-state index is -5.59. The van der Waals surface area contributed by atoms with Gasteiger partial charge in [0.15, 0.2) is 0 Å². The Morgan fingerprint density at radius 3 is 1.98 bits per heavy atom. The lowest BCUT2D eigenvalue weighted by Gasteiger charge is -2.54. The number of nitrogens with zero attached hydrogens (tertiary/aromatic N) is 2. The van der Waals surface area contributed by atoms with E-state index >= 15 is 0 Å². The number of hydroxylamine groups is 1. The molecule has 332 valence electrons. The highest BCUT2D eigenvalue weighted by atomic mass is 19.3. The molecule has 1 saturated carbocycles. The van der Waals surface area contributed by atoms with Gasteiger partial charge in [0.25, 0.3) is 29.4 Å². The van der Waals surface area contributed by atoms with Gasteiger partial charge in [-0.15, -0.1) is 13.2 Å². The number of hydrogen-bond acceptors (Lipinski definition) is 17. The molecule has 20 heteroatoms. The van der Waals surface area contributed by atoms with Crippen molar-refractivity contribution in [3.05, 3.63) is 49.1 Å². The van der Waals surface area contributed by atoms with Gasteiger partial charge in [-0.25, -0.2) is 26.1 Å². The molecule has 3 aliphatic rings. The van der Waals surface area contributed by atoms with E-state index in [1.807, 2.05) is 46.4 Å². The van der Waals surface area contributed by atoms with E-state index in [4.69, 9.17) is 4.84 Å². The first-order valence-electron chi connectivity index (χ1n) is 19.1. The molecule has 18 nitrogen and oxygen atoms in total. The number of halogens is 2. The molecule has 0 radical (unpaired) electrons. The van der Waals surface area contributed by atoms with Crippen molar-refractivity contribution in [3.8, 4) is 0 Å². The second-order valence-electron chi connectivity index (χ2n) is 14.4. The average molecular weight is 828 g/mol. The van der Waals surface area contributed by atoms with E-state index in [2.05, 4.69) is 24.0 Å². The van der Waals surface area contributed by atoms with Gasteiger partial charge in [0.1, 0.15) is 12.0 Å². The number of aliphatic hydroxyl groups is 11. The fraction of sp³-hybridized carbons (Fsp3) is 0.757. The highest BCUT2D eigenvalue weighted by Gasteiger charge is 2.84. The predicted octanol–water partition coefficient (Wildman–Crippen LogP) is -0.937. The van der Waals surface area contributed by atoms with E-state index in [9.17, 15) is 69.7 Å². The number of likely N-dealkylation sites (tertiary alicyclic amines) is 1. The third-order valence-electron chi connectivity index (χ3n) is 10.9. The molecule has 10 unspecified atom stereocenters. The highest BCUT2D eigenvalue weighted by Crippen LogP contribution is 2.52. The van der Waals surface area contributed by atoms with Crippen LogP contribution in [0.3, 0.4) is 0 Å². The van der Waals surface area contributed by atoms with Crippen molar-refractivity contribution in [1.82, 2.24) is 26.1 Å². The molecule has 3 fully saturated rings. The first-order chi connectivity index (χ1) is 26.2. The first kappa shape index (κ1) is 52.7. The molecule has 2 aliphatic heterocycles. The number of hydrazine groups is 1. The zero-order valence-corrected chi connectivity index (χ0v) is 34.2. The number of alkyl halides is 2. The number of nitrogens with one attached hydrogen (secondary N) is 3. The van der Waals surface area contributed by atoms with Crippen molar-refractivity contribution in [2.75, 3.05) is 0 Å². The number of rotatable bonds is 12. The monoisotopic (exact) mass is 827 g/mol. The molecule has 10 atom stereocenters. The molecule has 0 aromatic heterocycles. The summed E-state index contributed by atoms with van der Waals surface area (Å²) < 4.78 is 29.1. The normalized spacial score (nSPS) is 31.2. The summed E-state index contributed by atoms with van der Waals surface area (Å²) in [4.78, 5) is 22.3. The van der Waals surface area contributed by atoms with Crippen LogP contribution in [-0.2, 0) is 16.1 Å². The molecule has 1 amide bonds. The second kappa shape index (κ2) is 20.3. The maximum Gasteiger partial charge on any atom is 0.360 e. The van der Waals surface area contributed by atoms with E-state index in [-0.39, 0.29) is 37.4 Å². The largest absolute Gasteiger partial charge is 0.386 e. The summed E-state index contributed by atoms with van der Waals surface area (Å²) >= 11 is 0. The smallest absolute Gasteiger partial charge is 0.360 e. The lowest BCUT2D eigenvalue weighted by molar-refractivity contribution is -0.517. The van der Waals surface area contributed by atoms with Crippen LogP contribution >= 0.6 is 0 Å². The number of hydrogen-bond donors (Lipinski definition) is 14. The lowest BCUT2D eigenvalue weighted by Crippen LogP contribution is -2.84. The van der Waals surface area contributed by atoms with Gasteiger partial charge in [-0.3, -0.25) is 9.69 Å². The Morgan fingerprint density at radius 1 is 0.947 bits per heavy atom. The Morgan fingerprint density at radius 2 is 1.47 bits per heavy atom. The van der Waals surface area contributed by atoms with E-state index in [0.717, 1.165) is 5.56 Å². The predicted molar refractivity (Wildman–Crippen MR) is 202 cm³/mol. The van der Waals surface area contributed by atoms with Crippen molar-refractivity contribution in [2.45, 2.75) is 160 Å². The van der Waals surface area contributed by atoms with Crippen molar-refractivity contribution in [1.29, 1.82) is 0 Å². The molecule has 4 rings (SSSR count). The summed E-state index contributed by atoms with van der Waals surface area (Å²) in [6, 6.07) is 7.36. The van der Waals surface area contributed by atoms with Crippen LogP contribution < -0.4 is 16.3 Å². The molecule has 0 bridgehead atoms. The fourth-order valence-electron chi connectivity index (χ4n) is 7.57.